The Kier molecular flexibility index (Phi) is 3.48. The molecule has 2 aromatic heterocycles. The van der Waals surface area contributed by atoms with Crippen molar-refractivity contribution in [3.8, 4) is 0 Å². The number of hydrogen-bond acceptors (Lipinski definition) is 2. The molecule has 0 aliphatic heterocycles. The Labute approximate surface area is 125 Å². The normalized spacial score (nSPS) is 12.9. The van der Waals surface area contributed by atoms with Crippen LogP contribution in [0.3, 0.4) is 0 Å². The molecular formula is C15H15FN2S2. The van der Waals surface area contributed by atoms with Gasteiger partial charge in [0.1, 0.15) is 5.82 Å². The molecule has 5 heteroatoms. The van der Waals surface area contributed by atoms with Crippen molar-refractivity contribution in [2.24, 2.45) is 0 Å². The van der Waals surface area contributed by atoms with Gasteiger partial charge in [0, 0.05) is 22.2 Å². The fourth-order valence-electron chi connectivity index (χ4n) is 2.52. The van der Waals surface area contributed by atoms with Gasteiger partial charge in [0.15, 0.2) is 4.77 Å². The molecule has 1 atom stereocenters. The first-order valence-corrected chi connectivity index (χ1v) is 7.72. The Morgan fingerprint density at radius 1 is 1.35 bits per heavy atom. The number of halogens is 1. The van der Waals surface area contributed by atoms with Gasteiger partial charge in [0.25, 0.3) is 0 Å². The molecule has 0 amide bonds. The number of imidazole rings is 1. The number of benzene rings is 1. The molecule has 2 nitrogen and oxygen atoms in total. The highest BCUT2D eigenvalue weighted by molar-refractivity contribution is 7.71. The molecule has 104 valence electrons. The standard InChI is InChI=1S/C15H15FN2S2/c1-9(7-12-5-3-10(2)20-12)18-14-6-4-11(16)8-13(14)17-15(18)19/h3-6,8-9H,7H2,1-2H3,(H,17,19). The van der Waals surface area contributed by atoms with Crippen LogP contribution in [0.15, 0.2) is 30.3 Å². The smallest absolute Gasteiger partial charge is 0.178 e. The predicted molar refractivity (Wildman–Crippen MR) is 84.6 cm³/mol. The lowest BCUT2D eigenvalue weighted by Crippen LogP contribution is -2.07. The highest BCUT2D eigenvalue weighted by Gasteiger charge is 2.13. The van der Waals surface area contributed by atoms with Gasteiger partial charge >= 0.3 is 0 Å². The van der Waals surface area contributed by atoms with Crippen LogP contribution in [0.2, 0.25) is 0 Å². The first-order chi connectivity index (χ1) is 9.54. The summed E-state index contributed by atoms with van der Waals surface area (Å²) in [6.07, 6.45) is 0.928. The number of H-pyrrole nitrogens is 1. The summed E-state index contributed by atoms with van der Waals surface area (Å²) >= 11 is 7.19. The van der Waals surface area contributed by atoms with Crippen molar-refractivity contribution in [1.82, 2.24) is 9.55 Å². The Balaban J connectivity index is 2.00. The van der Waals surface area contributed by atoms with Crippen LogP contribution in [0.1, 0.15) is 22.7 Å². The maximum absolute atomic E-state index is 13.3. The average molecular weight is 306 g/mol. The lowest BCUT2D eigenvalue weighted by Gasteiger charge is -2.13. The van der Waals surface area contributed by atoms with Crippen molar-refractivity contribution in [2.45, 2.75) is 26.3 Å². The van der Waals surface area contributed by atoms with Gasteiger partial charge in [-0.3, -0.25) is 0 Å². The number of fused-ring (bicyclic) bond motifs is 1. The molecule has 0 spiro atoms. The predicted octanol–water partition coefficient (Wildman–Crippen LogP) is 5.01. The average Bonchev–Trinajstić information content (AvgIpc) is 2.91. The van der Waals surface area contributed by atoms with E-state index in [2.05, 4.69) is 35.5 Å². The molecule has 1 N–H and O–H groups in total. The molecule has 1 aromatic carbocycles. The summed E-state index contributed by atoms with van der Waals surface area (Å²) in [5.41, 5.74) is 1.71. The third-order valence-electron chi connectivity index (χ3n) is 3.41. The van der Waals surface area contributed by atoms with E-state index in [1.54, 1.807) is 6.07 Å². The Morgan fingerprint density at radius 3 is 2.85 bits per heavy atom. The molecule has 0 radical (unpaired) electrons. The molecule has 0 bridgehead atoms. The minimum Gasteiger partial charge on any atom is -0.330 e. The molecule has 3 rings (SSSR count). The molecule has 0 saturated heterocycles. The van der Waals surface area contributed by atoms with Crippen molar-refractivity contribution in [3.63, 3.8) is 0 Å². The summed E-state index contributed by atoms with van der Waals surface area (Å²) < 4.78 is 16.0. The topological polar surface area (TPSA) is 20.7 Å². The van der Waals surface area contributed by atoms with Crippen LogP contribution in [0.4, 0.5) is 4.39 Å². The Bertz CT molecular complexity index is 813. The lowest BCUT2D eigenvalue weighted by molar-refractivity contribution is 0.557. The highest BCUT2D eigenvalue weighted by Crippen LogP contribution is 2.25. The number of aromatic nitrogens is 2. The van der Waals surface area contributed by atoms with Gasteiger partial charge < -0.3 is 9.55 Å². The molecule has 0 fully saturated rings. The van der Waals surface area contributed by atoms with Crippen LogP contribution in [0.25, 0.3) is 11.0 Å². The Morgan fingerprint density at radius 2 is 2.15 bits per heavy atom. The number of aryl methyl sites for hydroxylation is 1. The second-order valence-electron chi connectivity index (χ2n) is 5.03. The third kappa shape index (κ3) is 2.43. The molecule has 2 heterocycles. The van der Waals surface area contributed by atoms with Crippen molar-refractivity contribution in [1.29, 1.82) is 0 Å². The van der Waals surface area contributed by atoms with Crippen molar-refractivity contribution >= 4 is 34.6 Å². The van der Waals surface area contributed by atoms with E-state index in [9.17, 15) is 4.39 Å². The van der Waals surface area contributed by atoms with Crippen LogP contribution in [-0.4, -0.2) is 9.55 Å². The second-order valence-corrected chi connectivity index (χ2v) is 6.79. The van der Waals surface area contributed by atoms with Crippen molar-refractivity contribution in [2.75, 3.05) is 0 Å². The van der Waals surface area contributed by atoms with Crippen LogP contribution in [0, 0.1) is 17.5 Å². The molecule has 0 aliphatic carbocycles. The number of nitrogens with zero attached hydrogens (tertiary/aromatic N) is 1. The van der Waals surface area contributed by atoms with Gasteiger partial charge in [-0.2, -0.15) is 0 Å². The number of rotatable bonds is 3. The zero-order chi connectivity index (χ0) is 14.3. The van der Waals surface area contributed by atoms with E-state index < -0.39 is 0 Å². The van der Waals surface area contributed by atoms with Gasteiger partial charge in [-0.1, -0.05) is 0 Å². The summed E-state index contributed by atoms with van der Waals surface area (Å²) in [6.45, 7) is 4.25. The summed E-state index contributed by atoms with van der Waals surface area (Å²) in [6, 6.07) is 9.28. The SMILES string of the molecule is Cc1ccc(CC(C)n2c(=S)[nH]c3cc(F)ccc32)s1. The maximum Gasteiger partial charge on any atom is 0.178 e. The molecule has 1 unspecified atom stereocenters. The number of hydrogen-bond donors (Lipinski definition) is 1. The minimum absolute atomic E-state index is 0.236. The zero-order valence-corrected chi connectivity index (χ0v) is 12.9. The Hall–Kier alpha value is -1.46. The second kappa shape index (κ2) is 5.14. The lowest BCUT2D eigenvalue weighted by atomic mass is 10.2. The first kappa shape index (κ1) is 13.5. The van der Waals surface area contributed by atoms with Crippen LogP contribution < -0.4 is 0 Å². The summed E-state index contributed by atoms with van der Waals surface area (Å²) in [5, 5.41) is 0. The van der Waals surface area contributed by atoms with Crippen LogP contribution in [-0.2, 0) is 6.42 Å². The van der Waals surface area contributed by atoms with Gasteiger partial charge in [-0.15, -0.1) is 11.3 Å². The van der Waals surface area contributed by atoms with E-state index in [4.69, 9.17) is 12.2 Å². The molecule has 0 saturated carbocycles. The fourth-order valence-corrected chi connectivity index (χ4v) is 3.92. The summed E-state index contributed by atoms with van der Waals surface area (Å²) in [5.74, 6) is -0.248. The zero-order valence-electron chi connectivity index (χ0n) is 11.3. The molecule has 20 heavy (non-hydrogen) atoms. The molecule has 3 aromatic rings. The van der Waals surface area contributed by atoms with Crippen LogP contribution in [0.5, 0.6) is 0 Å². The minimum atomic E-state index is -0.248. The molecule has 0 aliphatic rings. The third-order valence-corrected chi connectivity index (χ3v) is 4.73. The first-order valence-electron chi connectivity index (χ1n) is 6.49. The fraction of sp³-hybridized carbons (Fsp3) is 0.267. The number of aromatic amines is 1. The summed E-state index contributed by atoms with van der Waals surface area (Å²) in [7, 11) is 0. The van der Waals surface area contributed by atoms with Gasteiger partial charge in [-0.25, -0.2) is 4.39 Å². The largest absolute Gasteiger partial charge is 0.330 e. The number of nitrogens with one attached hydrogen (secondary N) is 1. The monoisotopic (exact) mass is 306 g/mol. The van der Waals surface area contributed by atoms with E-state index in [1.165, 1.54) is 21.9 Å². The maximum atomic E-state index is 13.3. The van der Waals surface area contributed by atoms with E-state index >= 15 is 0 Å². The summed E-state index contributed by atoms with van der Waals surface area (Å²) in [4.78, 5) is 5.74. The van der Waals surface area contributed by atoms with E-state index in [1.807, 2.05) is 11.3 Å². The quantitative estimate of drug-likeness (QED) is 0.674. The van der Waals surface area contributed by atoms with Gasteiger partial charge in [-0.05, 0) is 56.4 Å². The molecular weight excluding hydrogens is 291 g/mol. The van der Waals surface area contributed by atoms with E-state index in [-0.39, 0.29) is 11.9 Å². The van der Waals surface area contributed by atoms with Gasteiger partial charge in [0.2, 0.25) is 0 Å². The van der Waals surface area contributed by atoms with Crippen molar-refractivity contribution in [3.05, 3.63) is 50.7 Å². The van der Waals surface area contributed by atoms with E-state index in [0.29, 0.717) is 4.77 Å². The number of thiophene rings is 1. The highest BCUT2D eigenvalue weighted by atomic mass is 32.1. The van der Waals surface area contributed by atoms with Crippen LogP contribution >= 0.6 is 23.6 Å². The van der Waals surface area contributed by atoms with E-state index in [0.717, 1.165) is 17.5 Å². The van der Waals surface area contributed by atoms with Crippen molar-refractivity contribution < 1.29 is 4.39 Å². The van der Waals surface area contributed by atoms with Gasteiger partial charge in [0.05, 0.1) is 11.0 Å².